The van der Waals surface area contributed by atoms with Gasteiger partial charge in [-0.1, -0.05) is 0 Å². The molecule has 10 heteroatoms. The predicted octanol–water partition coefficient (Wildman–Crippen LogP) is 2.63. The normalized spacial score (nSPS) is 11.0. The summed E-state index contributed by atoms with van der Waals surface area (Å²) >= 11 is 0. The quantitative estimate of drug-likeness (QED) is 0.428. The van der Waals surface area contributed by atoms with Gasteiger partial charge in [0.1, 0.15) is 12.4 Å². The van der Waals surface area contributed by atoms with Gasteiger partial charge in [0.05, 0.1) is 24.1 Å². The Kier molecular flexibility index (Phi) is 4.74. The topological polar surface area (TPSA) is 64.7 Å². The van der Waals surface area contributed by atoms with Crippen LogP contribution in [0.1, 0.15) is 11.3 Å². The van der Waals surface area contributed by atoms with E-state index >= 15 is 0 Å². The lowest BCUT2D eigenvalue weighted by atomic mass is 10.2. The lowest BCUT2D eigenvalue weighted by Gasteiger charge is -2.07. The van der Waals surface area contributed by atoms with Gasteiger partial charge in [-0.25, -0.2) is 17.6 Å². The van der Waals surface area contributed by atoms with Gasteiger partial charge in [-0.2, -0.15) is 10.2 Å². The third-order valence-corrected chi connectivity index (χ3v) is 3.53. The molecule has 0 radical (unpaired) electrons. The van der Waals surface area contributed by atoms with Crippen LogP contribution >= 0.6 is 0 Å². The molecule has 1 N–H and O–H groups in total. The molecule has 2 aromatic heterocycles. The highest BCUT2D eigenvalue weighted by atomic mass is 19.2. The second-order valence-electron chi connectivity index (χ2n) is 5.58. The van der Waals surface area contributed by atoms with Crippen molar-refractivity contribution in [1.82, 2.24) is 19.6 Å². The van der Waals surface area contributed by atoms with Crippen molar-refractivity contribution in [1.29, 1.82) is 0 Å². The van der Waals surface area contributed by atoms with E-state index in [4.69, 9.17) is 0 Å². The fraction of sp³-hybridized carbons (Fsp3) is 0.188. The molecule has 0 spiro atoms. The van der Waals surface area contributed by atoms with Crippen LogP contribution in [-0.4, -0.2) is 25.5 Å². The highest BCUT2D eigenvalue weighted by molar-refractivity contribution is 5.90. The first kappa shape index (κ1) is 17.6. The van der Waals surface area contributed by atoms with Gasteiger partial charge in [-0.15, -0.1) is 0 Å². The maximum Gasteiger partial charge on any atom is 0.246 e. The van der Waals surface area contributed by atoms with Gasteiger partial charge in [0.2, 0.25) is 5.91 Å². The van der Waals surface area contributed by atoms with Crippen molar-refractivity contribution in [3.8, 4) is 0 Å². The molecule has 2 heterocycles. The number of anilines is 1. The Hall–Kier alpha value is -3.17. The monoisotopic (exact) mass is 367 g/mol. The van der Waals surface area contributed by atoms with Crippen LogP contribution < -0.4 is 5.32 Å². The molecule has 0 aliphatic rings. The molecule has 0 aliphatic heterocycles. The van der Waals surface area contributed by atoms with Gasteiger partial charge in [-0.05, 0) is 13.0 Å². The molecule has 136 valence electrons. The van der Waals surface area contributed by atoms with Crippen LogP contribution in [0.5, 0.6) is 0 Å². The smallest absolute Gasteiger partial charge is 0.246 e. The fourth-order valence-electron chi connectivity index (χ4n) is 2.32. The van der Waals surface area contributed by atoms with E-state index < -0.39 is 35.4 Å². The number of nitrogens with one attached hydrogen (secondary N) is 1. The number of aryl methyl sites for hydroxylation is 1. The van der Waals surface area contributed by atoms with Crippen LogP contribution in [0.2, 0.25) is 0 Å². The third kappa shape index (κ3) is 3.73. The summed E-state index contributed by atoms with van der Waals surface area (Å²) in [6, 6.07) is 2.02. The number of amides is 1. The molecule has 26 heavy (non-hydrogen) atoms. The Bertz CT molecular complexity index is 966. The lowest BCUT2D eigenvalue weighted by molar-refractivity contribution is -0.116. The van der Waals surface area contributed by atoms with E-state index in [-0.39, 0.29) is 24.2 Å². The molecule has 1 aromatic carbocycles. The Balaban J connectivity index is 1.69. The van der Waals surface area contributed by atoms with Crippen LogP contribution in [0.15, 0.2) is 30.7 Å². The summed E-state index contributed by atoms with van der Waals surface area (Å²) in [6.45, 7) is 1.30. The van der Waals surface area contributed by atoms with E-state index in [0.717, 1.165) is 10.4 Å². The van der Waals surface area contributed by atoms with E-state index in [1.165, 1.54) is 17.1 Å². The van der Waals surface area contributed by atoms with E-state index in [2.05, 4.69) is 15.5 Å². The van der Waals surface area contributed by atoms with Gasteiger partial charge in [0.15, 0.2) is 17.5 Å². The molecule has 3 rings (SSSR count). The van der Waals surface area contributed by atoms with Gasteiger partial charge in [-0.3, -0.25) is 14.2 Å². The number of rotatable bonds is 5. The second kappa shape index (κ2) is 6.98. The zero-order valence-electron chi connectivity index (χ0n) is 13.5. The van der Waals surface area contributed by atoms with E-state index in [1.807, 2.05) is 0 Å². The number of halogens is 4. The molecular weight excluding hydrogens is 354 g/mol. The Morgan fingerprint density at radius 3 is 2.62 bits per heavy atom. The maximum absolute atomic E-state index is 13.7. The summed E-state index contributed by atoms with van der Waals surface area (Å²) in [7, 11) is 0. The molecule has 1 amide bonds. The average Bonchev–Trinajstić information content (AvgIpc) is 3.18. The van der Waals surface area contributed by atoms with Crippen molar-refractivity contribution in [3.05, 3.63) is 65.2 Å². The highest BCUT2D eigenvalue weighted by Gasteiger charge is 2.19. The predicted molar refractivity (Wildman–Crippen MR) is 83.2 cm³/mol. The lowest BCUT2D eigenvalue weighted by Crippen LogP contribution is -2.18. The van der Waals surface area contributed by atoms with Gasteiger partial charge in [0.25, 0.3) is 0 Å². The van der Waals surface area contributed by atoms with Crippen molar-refractivity contribution in [2.75, 3.05) is 5.32 Å². The number of aromatic nitrogens is 4. The van der Waals surface area contributed by atoms with Crippen LogP contribution in [0.25, 0.3) is 0 Å². The van der Waals surface area contributed by atoms with Gasteiger partial charge >= 0.3 is 0 Å². The maximum atomic E-state index is 13.7. The van der Waals surface area contributed by atoms with Crippen molar-refractivity contribution >= 4 is 11.6 Å². The second-order valence-corrected chi connectivity index (χ2v) is 5.58. The Labute approximate surface area is 145 Å². The molecule has 0 saturated heterocycles. The van der Waals surface area contributed by atoms with Gasteiger partial charge in [0, 0.05) is 24.0 Å². The molecule has 0 saturated carbocycles. The summed E-state index contributed by atoms with van der Waals surface area (Å²) in [4.78, 5) is 11.9. The first-order chi connectivity index (χ1) is 12.3. The largest absolute Gasteiger partial charge is 0.322 e. The first-order valence-corrected chi connectivity index (χ1v) is 7.47. The Morgan fingerprint density at radius 2 is 1.92 bits per heavy atom. The summed E-state index contributed by atoms with van der Waals surface area (Å²) in [6.07, 6.45) is 4.22. The van der Waals surface area contributed by atoms with Crippen molar-refractivity contribution in [2.45, 2.75) is 20.0 Å². The minimum atomic E-state index is -1.75. The van der Waals surface area contributed by atoms with Crippen LogP contribution in [0.4, 0.5) is 23.2 Å². The van der Waals surface area contributed by atoms with Crippen molar-refractivity contribution in [3.63, 3.8) is 0 Å². The molecule has 0 unspecified atom stereocenters. The van der Waals surface area contributed by atoms with E-state index in [1.54, 1.807) is 19.2 Å². The molecular formula is C16H13F4N5O. The fourth-order valence-corrected chi connectivity index (χ4v) is 2.32. The molecule has 0 fully saturated rings. The number of carbonyl (C=O) groups excluding carboxylic acids is 1. The number of benzene rings is 1. The minimum absolute atomic E-state index is 0.0224. The number of nitrogens with zero attached hydrogens (tertiary/aromatic N) is 4. The molecule has 0 atom stereocenters. The van der Waals surface area contributed by atoms with E-state index in [9.17, 15) is 22.4 Å². The number of hydrogen-bond donors (Lipinski definition) is 1. The molecule has 6 nitrogen and oxygen atoms in total. The van der Waals surface area contributed by atoms with Crippen molar-refractivity contribution < 1.29 is 22.4 Å². The molecule has 0 bridgehead atoms. The zero-order chi connectivity index (χ0) is 18.8. The molecule has 3 aromatic rings. The zero-order valence-corrected chi connectivity index (χ0v) is 13.5. The molecule has 0 aliphatic carbocycles. The minimum Gasteiger partial charge on any atom is -0.322 e. The highest BCUT2D eigenvalue weighted by Crippen LogP contribution is 2.20. The SMILES string of the molecule is Cc1ccn(CC(=O)Nc2cnn(Cc3c(F)cc(F)c(F)c3F)c2)n1. The van der Waals surface area contributed by atoms with Gasteiger partial charge < -0.3 is 5.32 Å². The average molecular weight is 367 g/mol. The van der Waals surface area contributed by atoms with Crippen molar-refractivity contribution in [2.24, 2.45) is 0 Å². The first-order valence-electron chi connectivity index (χ1n) is 7.47. The van der Waals surface area contributed by atoms with Crippen LogP contribution in [0.3, 0.4) is 0 Å². The number of carbonyl (C=O) groups is 1. The third-order valence-electron chi connectivity index (χ3n) is 3.53. The summed E-state index contributed by atoms with van der Waals surface area (Å²) in [5.74, 6) is -6.57. The Morgan fingerprint density at radius 1 is 1.15 bits per heavy atom. The van der Waals surface area contributed by atoms with Crippen LogP contribution in [-0.2, 0) is 17.9 Å². The summed E-state index contributed by atoms with van der Waals surface area (Å²) in [5, 5.41) is 10.5. The standard InChI is InChI=1S/C16H13F4N5O/c1-9-2-3-24(23-9)8-14(26)22-10-5-21-25(6-10)7-11-12(17)4-13(18)16(20)15(11)19/h2-6H,7-8H2,1H3,(H,22,26). The number of hydrogen-bond acceptors (Lipinski definition) is 3. The van der Waals surface area contributed by atoms with E-state index in [0.29, 0.717) is 0 Å². The van der Waals surface area contributed by atoms with Crippen LogP contribution in [0, 0.1) is 30.2 Å². The summed E-state index contributed by atoms with van der Waals surface area (Å²) < 4.78 is 56.1. The summed E-state index contributed by atoms with van der Waals surface area (Å²) in [5.41, 5.74) is 0.375.